The molecule has 0 atom stereocenters. The fourth-order valence-electron chi connectivity index (χ4n) is 4.44. The average molecular weight is 470 g/mol. The second-order valence-corrected chi connectivity index (χ2v) is 9.95. The zero-order valence-corrected chi connectivity index (χ0v) is 22.4. The van der Waals surface area contributed by atoms with Gasteiger partial charge in [-0.2, -0.15) is 0 Å². The molecule has 4 nitrogen and oxygen atoms in total. The second kappa shape index (κ2) is 29.4. The first-order valence-corrected chi connectivity index (χ1v) is 14.7. The highest BCUT2D eigenvalue weighted by atomic mass is 16.5. The van der Waals surface area contributed by atoms with Crippen LogP contribution >= 0.6 is 0 Å². The van der Waals surface area contributed by atoms with E-state index in [0.29, 0.717) is 13.0 Å². The third-order valence-corrected chi connectivity index (χ3v) is 6.66. The summed E-state index contributed by atoms with van der Waals surface area (Å²) >= 11 is 0. The van der Waals surface area contributed by atoms with E-state index in [9.17, 15) is 4.79 Å². The first-order valence-electron chi connectivity index (χ1n) is 14.7. The number of carbonyl (C=O) groups is 1. The van der Waals surface area contributed by atoms with Gasteiger partial charge in [-0.1, -0.05) is 122 Å². The van der Waals surface area contributed by atoms with Crippen molar-refractivity contribution in [1.82, 2.24) is 5.32 Å². The van der Waals surface area contributed by atoms with Crippen molar-refractivity contribution in [3.8, 4) is 0 Å². The predicted molar refractivity (Wildman–Crippen MR) is 143 cm³/mol. The number of methoxy groups -OCH3 is 1. The van der Waals surface area contributed by atoms with E-state index in [2.05, 4.69) is 5.32 Å². The van der Waals surface area contributed by atoms with Crippen LogP contribution in [0.3, 0.4) is 0 Å². The molecule has 0 unspecified atom stereocenters. The van der Waals surface area contributed by atoms with Crippen LogP contribution in [0.15, 0.2) is 0 Å². The molecule has 0 spiro atoms. The SMILES string of the molecule is COCCCCCCNC(=O)CCCCCCCCCCCCCCCCCCCCCO. The molecule has 0 radical (unpaired) electrons. The Morgan fingerprint density at radius 3 is 1.33 bits per heavy atom. The molecule has 0 saturated heterocycles. The first-order chi connectivity index (χ1) is 16.3. The van der Waals surface area contributed by atoms with Crippen molar-refractivity contribution in [2.75, 3.05) is 26.9 Å². The van der Waals surface area contributed by atoms with E-state index in [-0.39, 0.29) is 5.91 Å². The van der Waals surface area contributed by atoms with Crippen LogP contribution in [0.25, 0.3) is 0 Å². The van der Waals surface area contributed by atoms with E-state index < -0.39 is 0 Å². The van der Waals surface area contributed by atoms with Crippen molar-refractivity contribution < 1.29 is 14.6 Å². The molecule has 1 amide bonds. The maximum absolute atomic E-state index is 11.8. The number of rotatable bonds is 28. The van der Waals surface area contributed by atoms with Gasteiger partial charge in [-0.3, -0.25) is 4.79 Å². The number of hydrogen-bond donors (Lipinski definition) is 2. The van der Waals surface area contributed by atoms with Crippen LogP contribution in [-0.2, 0) is 9.53 Å². The molecule has 0 bridgehead atoms. The van der Waals surface area contributed by atoms with Crippen molar-refractivity contribution in [3.05, 3.63) is 0 Å². The van der Waals surface area contributed by atoms with Gasteiger partial charge in [0.1, 0.15) is 0 Å². The molecule has 4 heteroatoms. The average Bonchev–Trinajstić information content (AvgIpc) is 2.82. The van der Waals surface area contributed by atoms with Crippen LogP contribution in [-0.4, -0.2) is 37.9 Å². The summed E-state index contributed by atoms with van der Waals surface area (Å²) in [6.45, 7) is 2.04. The summed E-state index contributed by atoms with van der Waals surface area (Å²) < 4.78 is 5.04. The predicted octanol–water partition coefficient (Wildman–Crippen LogP) is 8.10. The Labute approximate surface area is 207 Å². The summed E-state index contributed by atoms with van der Waals surface area (Å²) in [6, 6.07) is 0. The minimum Gasteiger partial charge on any atom is -0.396 e. The van der Waals surface area contributed by atoms with Gasteiger partial charge in [0.25, 0.3) is 0 Å². The maximum atomic E-state index is 11.8. The smallest absolute Gasteiger partial charge is 0.219 e. The van der Waals surface area contributed by atoms with E-state index in [1.165, 1.54) is 122 Å². The Kier molecular flexibility index (Phi) is 28.9. The standard InChI is InChI=1S/C29H59NO3/c1-33-28-24-20-18-22-26-30-29(32)25-21-17-15-13-11-9-7-5-3-2-4-6-8-10-12-14-16-19-23-27-31/h31H,2-28H2,1H3,(H,30,32). The van der Waals surface area contributed by atoms with Crippen LogP contribution in [0.4, 0.5) is 0 Å². The number of amides is 1. The minimum absolute atomic E-state index is 0.237. The van der Waals surface area contributed by atoms with Crippen molar-refractivity contribution in [1.29, 1.82) is 0 Å². The summed E-state index contributed by atoms with van der Waals surface area (Å²) in [6.07, 6.45) is 30.5. The second-order valence-electron chi connectivity index (χ2n) is 9.95. The number of aliphatic hydroxyl groups excluding tert-OH is 1. The molecule has 0 fully saturated rings. The lowest BCUT2D eigenvalue weighted by atomic mass is 10.0. The van der Waals surface area contributed by atoms with Gasteiger partial charge in [-0.15, -0.1) is 0 Å². The molecular formula is C29H59NO3. The molecule has 0 aliphatic rings. The highest BCUT2D eigenvalue weighted by molar-refractivity contribution is 5.75. The van der Waals surface area contributed by atoms with E-state index >= 15 is 0 Å². The van der Waals surface area contributed by atoms with Crippen molar-refractivity contribution in [2.24, 2.45) is 0 Å². The molecule has 0 saturated carbocycles. The number of nitrogens with one attached hydrogen (secondary N) is 1. The third kappa shape index (κ3) is 29.4. The first kappa shape index (κ1) is 32.4. The van der Waals surface area contributed by atoms with Crippen molar-refractivity contribution in [3.63, 3.8) is 0 Å². The topological polar surface area (TPSA) is 58.6 Å². The Morgan fingerprint density at radius 1 is 0.545 bits per heavy atom. The summed E-state index contributed by atoms with van der Waals surface area (Å²) in [4.78, 5) is 11.8. The molecule has 198 valence electrons. The number of ether oxygens (including phenoxy) is 1. The number of aliphatic hydroxyl groups is 1. The van der Waals surface area contributed by atoms with Crippen molar-refractivity contribution >= 4 is 5.91 Å². The van der Waals surface area contributed by atoms with Gasteiger partial charge in [0.2, 0.25) is 5.91 Å². The maximum Gasteiger partial charge on any atom is 0.219 e. The molecule has 0 rings (SSSR count). The van der Waals surface area contributed by atoms with Gasteiger partial charge in [-0.05, 0) is 25.7 Å². The van der Waals surface area contributed by atoms with Gasteiger partial charge < -0.3 is 15.2 Å². The van der Waals surface area contributed by atoms with Gasteiger partial charge in [-0.25, -0.2) is 0 Å². The molecule has 0 aromatic heterocycles. The van der Waals surface area contributed by atoms with Crippen molar-refractivity contribution in [2.45, 2.75) is 154 Å². The number of carbonyl (C=O) groups excluding carboxylic acids is 1. The van der Waals surface area contributed by atoms with E-state index in [0.717, 1.165) is 38.8 Å². The summed E-state index contributed by atoms with van der Waals surface area (Å²) in [5.41, 5.74) is 0. The van der Waals surface area contributed by atoms with Gasteiger partial charge in [0.15, 0.2) is 0 Å². The largest absolute Gasteiger partial charge is 0.396 e. The van der Waals surface area contributed by atoms with Gasteiger partial charge >= 0.3 is 0 Å². The van der Waals surface area contributed by atoms with Gasteiger partial charge in [0.05, 0.1) is 0 Å². The molecule has 0 aromatic carbocycles. The Bertz CT molecular complexity index is 376. The third-order valence-electron chi connectivity index (χ3n) is 6.66. The lowest BCUT2D eigenvalue weighted by Crippen LogP contribution is -2.23. The lowest BCUT2D eigenvalue weighted by Gasteiger charge is -2.06. The monoisotopic (exact) mass is 469 g/mol. The highest BCUT2D eigenvalue weighted by Crippen LogP contribution is 2.14. The molecule has 0 heterocycles. The Hall–Kier alpha value is -0.610. The number of unbranched alkanes of at least 4 members (excludes halogenated alkanes) is 21. The summed E-state index contributed by atoms with van der Waals surface area (Å²) in [7, 11) is 1.75. The van der Waals surface area contributed by atoms with Crippen LogP contribution in [0, 0.1) is 0 Å². The van der Waals surface area contributed by atoms with Crippen LogP contribution in [0.1, 0.15) is 154 Å². The minimum atomic E-state index is 0.237. The van der Waals surface area contributed by atoms with E-state index in [1.807, 2.05) is 0 Å². The fourth-order valence-corrected chi connectivity index (χ4v) is 4.44. The zero-order valence-electron chi connectivity index (χ0n) is 22.4. The quantitative estimate of drug-likeness (QED) is 0.114. The Balaban J connectivity index is 3.10. The van der Waals surface area contributed by atoms with Crippen LogP contribution < -0.4 is 5.32 Å². The molecule has 0 aliphatic carbocycles. The molecule has 0 aliphatic heterocycles. The molecule has 33 heavy (non-hydrogen) atoms. The zero-order chi connectivity index (χ0) is 24.1. The normalized spacial score (nSPS) is 11.2. The lowest BCUT2D eigenvalue weighted by molar-refractivity contribution is -0.121. The Morgan fingerprint density at radius 2 is 0.909 bits per heavy atom. The molecule has 2 N–H and O–H groups in total. The number of hydrogen-bond acceptors (Lipinski definition) is 3. The van der Waals surface area contributed by atoms with E-state index in [1.54, 1.807) is 7.11 Å². The van der Waals surface area contributed by atoms with E-state index in [4.69, 9.17) is 9.84 Å². The molecule has 0 aromatic rings. The van der Waals surface area contributed by atoms with Crippen LogP contribution in [0.5, 0.6) is 0 Å². The van der Waals surface area contributed by atoms with Crippen LogP contribution in [0.2, 0.25) is 0 Å². The van der Waals surface area contributed by atoms with Gasteiger partial charge in [0, 0.05) is 33.3 Å². The highest BCUT2D eigenvalue weighted by Gasteiger charge is 2.01. The molecular weight excluding hydrogens is 410 g/mol. The summed E-state index contributed by atoms with van der Waals surface area (Å²) in [5, 5.41) is 11.8. The fraction of sp³-hybridized carbons (Fsp3) is 0.966. The summed E-state index contributed by atoms with van der Waals surface area (Å²) in [5.74, 6) is 0.237.